The average molecular weight is 198 g/mol. The van der Waals surface area contributed by atoms with Crippen molar-refractivity contribution in [1.82, 2.24) is 9.80 Å². The molecule has 0 atom stereocenters. The standard InChI is InChI=1S/C10H18N2O2/c1-10(2,3)12-7-6-11(9(12)14)5-4-8-13/h8H,4-7H2,1-3H3. The maximum Gasteiger partial charge on any atom is 0.320 e. The lowest BCUT2D eigenvalue weighted by Gasteiger charge is -2.31. The summed E-state index contributed by atoms with van der Waals surface area (Å²) in [7, 11) is 0. The molecule has 0 aromatic heterocycles. The molecule has 0 spiro atoms. The lowest BCUT2D eigenvalue weighted by Crippen LogP contribution is -2.44. The topological polar surface area (TPSA) is 40.6 Å². The van der Waals surface area contributed by atoms with Crippen molar-refractivity contribution in [3.63, 3.8) is 0 Å². The highest BCUT2D eigenvalue weighted by Crippen LogP contribution is 2.20. The van der Waals surface area contributed by atoms with E-state index in [-0.39, 0.29) is 11.6 Å². The molecule has 1 saturated heterocycles. The Balaban J connectivity index is 2.55. The highest BCUT2D eigenvalue weighted by molar-refractivity contribution is 5.77. The number of hydrogen-bond acceptors (Lipinski definition) is 2. The predicted molar refractivity (Wildman–Crippen MR) is 54.1 cm³/mol. The fraction of sp³-hybridized carbons (Fsp3) is 0.800. The van der Waals surface area contributed by atoms with Crippen LogP contribution < -0.4 is 0 Å². The molecule has 14 heavy (non-hydrogen) atoms. The molecule has 0 bridgehead atoms. The van der Waals surface area contributed by atoms with Gasteiger partial charge in [0.1, 0.15) is 6.29 Å². The van der Waals surface area contributed by atoms with Crippen LogP contribution in [0.1, 0.15) is 27.2 Å². The SMILES string of the molecule is CC(C)(C)N1CCN(CCC=O)C1=O. The lowest BCUT2D eigenvalue weighted by atomic mass is 10.1. The van der Waals surface area contributed by atoms with Gasteiger partial charge in [0.05, 0.1) is 0 Å². The summed E-state index contributed by atoms with van der Waals surface area (Å²) in [5, 5.41) is 0. The van der Waals surface area contributed by atoms with Gasteiger partial charge in [0.2, 0.25) is 0 Å². The minimum atomic E-state index is -0.118. The first-order chi connectivity index (χ1) is 6.46. The summed E-state index contributed by atoms with van der Waals surface area (Å²) in [5.41, 5.74) is -0.118. The Kier molecular flexibility index (Phi) is 3.13. The van der Waals surface area contributed by atoms with E-state index in [2.05, 4.69) is 0 Å². The van der Waals surface area contributed by atoms with Crippen LogP contribution in [0.2, 0.25) is 0 Å². The molecule has 4 heteroatoms. The molecular formula is C10H18N2O2. The first-order valence-electron chi connectivity index (χ1n) is 4.97. The van der Waals surface area contributed by atoms with Crippen molar-refractivity contribution in [3.05, 3.63) is 0 Å². The Hall–Kier alpha value is -1.06. The molecule has 0 aromatic rings. The Labute approximate surface area is 84.9 Å². The number of carbonyl (C=O) groups is 2. The van der Waals surface area contributed by atoms with E-state index < -0.39 is 0 Å². The predicted octanol–water partition coefficient (Wildman–Crippen LogP) is 1.11. The summed E-state index contributed by atoms with van der Waals surface area (Å²) in [6, 6.07) is 0.0550. The zero-order valence-electron chi connectivity index (χ0n) is 9.12. The van der Waals surface area contributed by atoms with Crippen molar-refractivity contribution in [2.75, 3.05) is 19.6 Å². The van der Waals surface area contributed by atoms with Gasteiger partial charge in [-0.3, -0.25) is 0 Å². The van der Waals surface area contributed by atoms with Crippen molar-refractivity contribution >= 4 is 12.3 Å². The molecule has 1 fully saturated rings. The maximum atomic E-state index is 11.8. The number of aldehydes is 1. The number of carbonyl (C=O) groups excluding carboxylic acids is 2. The van der Waals surface area contributed by atoms with Crippen LogP contribution in [0.3, 0.4) is 0 Å². The zero-order chi connectivity index (χ0) is 10.8. The van der Waals surface area contributed by atoms with E-state index in [1.165, 1.54) is 0 Å². The van der Waals surface area contributed by atoms with E-state index in [1.54, 1.807) is 4.90 Å². The smallest absolute Gasteiger partial charge is 0.320 e. The van der Waals surface area contributed by atoms with E-state index in [1.807, 2.05) is 25.7 Å². The van der Waals surface area contributed by atoms with Gasteiger partial charge in [-0.1, -0.05) is 0 Å². The monoisotopic (exact) mass is 198 g/mol. The summed E-state index contributed by atoms with van der Waals surface area (Å²) in [4.78, 5) is 25.6. The highest BCUT2D eigenvalue weighted by Gasteiger charge is 2.34. The minimum absolute atomic E-state index is 0.0550. The fourth-order valence-corrected chi connectivity index (χ4v) is 1.62. The largest absolute Gasteiger partial charge is 0.322 e. The molecule has 4 nitrogen and oxygen atoms in total. The minimum Gasteiger partial charge on any atom is -0.322 e. The van der Waals surface area contributed by atoms with Gasteiger partial charge in [-0.25, -0.2) is 4.79 Å². The van der Waals surface area contributed by atoms with Crippen LogP contribution in [0.15, 0.2) is 0 Å². The second-order valence-electron chi connectivity index (χ2n) is 4.55. The average Bonchev–Trinajstić information content (AvgIpc) is 2.42. The third kappa shape index (κ3) is 2.25. The Morgan fingerprint density at radius 2 is 2.00 bits per heavy atom. The highest BCUT2D eigenvalue weighted by atomic mass is 16.2. The van der Waals surface area contributed by atoms with Gasteiger partial charge in [-0.15, -0.1) is 0 Å². The number of rotatable bonds is 3. The summed E-state index contributed by atoms with van der Waals surface area (Å²) in [6.07, 6.45) is 1.29. The van der Waals surface area contributed by atoms with Crippen molar-refractivity contribution in [2.45, 2.75) is 32.7 Å². The quantitative estimate of drug-likeness (QED) is 0.637. The van der Waals surface area contributed by atoms with Gasteiger partial charge in [0.15, 0.2) is 0 Å². The fourth-order valence-electron chi connectivity index (χ4n) is 1.62. The van der Waals surface area contributed by atoms with Crippen LogP contribution in [-0.4, -0.2) is 47.3 Å². The molecule has 0 N–H and O–H groups in total. The lowest BCUT2D eigenvalue weighted by molar-refractivity contribution is -0.108. The second-order valence-corrected chi connectivity index (χ2v) is 4.55. The molecule has 1 aliphatic rings. The third-order valence-corrected chi connectivity index (χ3v) is 2.42. The van der Waals surface area contributed by atoms with Crippen molar-refractivity contribution in [2.24, 2.45) is 0 Å². The first-order valence-corrected chi connectivity index (χ1v) is 4.97. The van der Waals surface area contributed by atoms with Crippen molar-refractivity contribution in [3.8, 4) is 0 Å². The Morgan fingerprint density at radius 1 is 1.36 bits per heavy atom. The molecule has 0 saturated carbocycles. The molecule has 0 aliphatic carbocycles. The summed E-state index contributed by atoms with van der Waals surface area (Å²) < 4.78 is 0. The molecule has 1 heterocycles. The van der Waals surface area contributed by atoms with Gasteiger partial charge in [-0.05, 0) is 20.8 Å². The summed E-state index contributed by atoms with van der Waals surface area (Å²) in [5.74, 6) is 0. The van der Waals surface area contributed by atoms with Gasteiger partial charge in [0, 0.05) is 31.6 Å². The molecular weight excluding hydrogens is 180 g/mol. The molecule has 1 rings (SSSR count). The molecule has 2 amide bonds. The van der Waals surface area contributed by atoms with Crippen LogP contribution in [0.5, 0.6) is 0 Å². The van der Waals surface area contributed by atoms with Crippen LogP contribution >= 0.6 is 0 Å². The molecule has 80 valence electrons. The number of amides is 2. The van der Waals surface area contributed by atoms with E-state index in [9.17, 15) is 9.59 Å². The van der Waals surface area contributed by atoms with Crippen LogP contribution in [-0.2, 0) is 4.79 Å². The van der Waals surface area contributed by atoms with Crippen molar-refractivity contribution in [1.29, 1.82) is 0 Å². The maximum absolute atomic E-state index is 11.8. The molecule has 0 radical (unpaired) electrons. The van der Waals surface area contributed by atoms with Crippen molar-refractivity contribution < 1.29 is 9.59 Å². The van der Waals surface area contributed by atoms with Gasteiger partial charge < -0.3 is 14.6 Å². The van der Waals surface area contributed by atoms with Crippen LogP contribution in [0.4, 0.5) is 4.79 Å². The van der Waals surface area contributed by atoms with Crippen LogP contribution in [0.25, 0.3) is 0 Å². The summed E-state index contributed by atoms with van der Waals surface area (Å²) >= 11 is 0. The second kappa shape index (κ2) is 3.98. The Morgan fingerprint density at radius 3 is 2.43 bits per heavy atom. The van der Waals surface area contributed by atoms with E-state index in [4.69, 9.17) is 0 Å². The van der Waals surface area contributed by atoms with E-state index in [0.717, 1.165) is 19.4 Å². The van der Waals surface area contributed by atoms with Crippen LogP contribution in [0, 0.1) is 0 Å². The number of nitrogens with zero attached hydrogens (tertiary/aromatic N) is 2. The van der Waals surface area contributed by atoms with E-state index >= 15 is 0 Å². The molecule has 0 aromatic carbocycles. The Bertz CT molecular complexity index is 233. The normalized spacial score (nSPS) is 17.8. The zero-order valence-corrected chi connectivity index (χ0v) is 9.12. The third-order valence-electron chi connectivity index (χ3n) is 2.42. The number of urea groups is 1. The van der Waals surface area contributed by atoms with E-state index in [0.29, 0.717) is 13.0 Å². The first kappa shape index (κ1) is 11.0. The summed E-state index contributed by atoms with van der Waals surface area (Å²) in [6.45, 7) is 8.12. The number of hydrogen-bond donors (Lipinski definition) is 0. The molecule has 1 aliphatic heterocycles. The van der Waals surface area contributed by atoms with Gasteiger partial charge in [-0.2, -0.15) is 0 Å². The molecule has 0 unspecified atom stereocenters. The van der Waals surface area contributed by atoms with Gasteiger partial charge >= 0.3 is 6.03 Å². The van der Waals surface area contributed by atoms with Gasteiger partial charge in [0.25, 0.3) is 0 Å².